The molecule has 0 aliphatic carbocycles. The van der Waals surface area contributed by atoms with Gasteiger partial charge in [-0.05, 0) is 32.9 Å². The van der Waals surface area contributed by atoms with Gasteiger partial charge in [0.25, 0.3) is 5.91 Å². The van der Waals surface area contributed by atoms with Gasteiger partial charge < -0.3 is 14.7 Å². The van der Waals surface area contributed by atoms with Crippen molar-refractivity contribution in [1.29, 1.82) is 0 Å². The number of rotatable bonds is 5. The van der Waals surface area contributed by atoms with E-state index >= 15 is 0 Å². The third kappa shape index (κ3) is 3.95. The molecular weight excluding hydrogens is 326 g/mol. The lowest BCUT2D eigenvalue weighted by molar-refractivity contribution is 0.0740. The average Bonchev–Trinajstić information content (AvgIpc) is 2.69. The number of hydrogen-bond donors (Lipinski definition) is 0. The summed E-state index contributed by atoms with van der Waals surface area (Å²) in [4.78, 5) is 28.2. The molecule has 1 aromatic carbocycles. The van der Waals surface area contributed by atoms with Gasteiger partial charge in [0.1, 0.15) is 17.3 Å². The number of aromatic nitrogens is 2. The zero-order valence-corrected chi connectivity index (χ0v) is 15.9. The molecule has 1 aliphatic heterocycles. The van der Waals surface area contributed by atoms with Crippen LogP contribution in [-0.4, -0.2) is 60.0 Å². The third-order valence-electron chi connectivity index (χ3n) is 4.82. The molecule has 1 saturated heterocycles. The molecule has 2 aromatic rings. The largest absolute Gasteiger partial charge is 0.368 e. The lowest BCUT2D eigenvalue weighted by Crippen LogP contribution is -2.49. The Morgan fingerprint density at radius 1 is 1.04 bits per heavy atom. The van der Waals surface area contributed by atoms with Crippen LogP contribution in [0.5, 0.6) is 0 Å². The number of carbonyl (C=O) groups excluding carboxylic acids is 1. The van der Waals surface area contributed by atoms with Crippen molar-refractivity contribution >= 4 is 17.4 Å². The Hall–Kier alpha value is -2.63. The first kappa shape index (κ1) is 18.2. The highest BCUT2D eigenvalue weighted by Gasteiger charge is 2.24. The van der Waals surface area contributed by atoms with E-state index in [4.69, 9.17) is 0 Å². The van der Waals surface area contributed by atoms with Gasteiger partial charge in [0.15, 0.2) is 0 Å². The van der Waals surface area contributed by atoms with Crippen molar-refractivity contribution < 1.29 is 4.79 Å². The van der Waals surface area contributed by atoms with Gasteiger partial charge in [-0.15, -0.1) is 0 Å². The Bertz CT molecular complexity index is 737. The van der Waals surface area contributed by atoms with E-state index in [9.17, 15) is 4.79 Å². The van der Waals surface area contributed by atoms with Crippen molar-refractivity contribution in [3.8, 4) is 0 Å². The molecule has 0 atom stereocenters. The SMILES string of the molecule is CCN(CC)c1cc(C(=O)N2CCN(c3ccccc3)CC2)nc(C)n1. The summed E-state index contributed by atoms with van der Waals surface area (Å²) in [7, 11) is 0. The molecule has 0 N–H and O–H groups in total. The van der Waals surface area contributed by atoms with Crippen LogP contribution in [0.3, 0.4) is 0 Å². The van der Waals surface area contributed by atoms with Gasteiger partial charge in [-0.1, -0.05) is 18.2 Å². The minimum Gasteiger partial charge on any atom is -0.368 e. The Morgan fingerprint density at radius 3 is 2.31 bits per heavy atom. The number of hydrogen-bond acceptors (Lipinski definition) is 5. The highest BCUT2D eigenvalue weighted by molar-refractivity contribution is 5.93. The lowest BCUT2D eigenvalue weighted by atomic mass is 10.2. The first-order valence-electron chi connectivity index (χ1n) is 9.32. The average molecular weight is 353 g/mol. The van der Waals surface area contributed by atoms with Crippen LogP contribution in [0, 0.1) is 6.92 Å². The van der Waals surface area contributed by atoms with Crippen LogP contribution in [-0.2, 0) is 0 Å². The normalized spacial score (nSPS) is 14.4. The van der Waals surface area contributed by atoms with Crippen LogP contribution in [0.1, 0.15) is 30.2 Å². The Balaban J connectivity index is 1.70. The minimum absolute atomic E-state index is 0.00313. The number of nitrogens with zero attached hydrogens (tertiary/aromatic N) is 5. The van der Waals surface area contributed by atoms with Gasteiger partial charge in [0.05, 0.1) is 0 Å². The molecule has 0 spiro atoms. The van der Waals surface area contributed by atoms with Crippen LogP contribution >= 0.6 is 0 Å². The number of benzene rings is 1. The second-order valence-corrected chi connectivity index (χ2v) is 6.45. The number of para-hydroxylation sites is 1. The van der Waals surface area contributed by atoms with E-state index < -0.39 is 0 Å². The summed E-state index contributed by atoms with van der Waals surface area (Å²) < 4.78 is 0. The minimum atomic E-state index is -0.00313. The fourth-order valence-corrected chi connectivity index (χ4v) is 3.34. The third-order valence-corrected chi connectivity index (χ3v) is 4.82. The highest BCUT2D eigenvalue weighted by atomic mass is 16.2. The van der Waals surface area contributed by atoms with Gasteiger partial charge in [-0.3, -0.25) is 4.79 Å². The summed E-state index contributed by atoms with van der Waals surface area (Å²) in [6, 6.07) is 12.2. The molecule has 0 unspecified atom stereocenters. The second kappa shape index (κ2) is 8.17. The maximum absolute atomic E-state index is 12.9. The first-order chi connectivity index (χ1) is 12.6. The summed E-state index contributed by atoms with van der Waals surface area (Å²) in [5, 5.41) is 0. The number of aryl methyl sites for hydroxylation is 1. The van der Waals surface area contributed by atoms with Crippen molar-refractivity contribution in [1.82, 2.24) is 14.9 Å². The molecule has 1 fully saturated rings. The summed E-state index contributed by atoms with van der Waals surface area (Å²) in [6.45, 7) is 10.8. The number of piperazine rings is 1. The quantitative estimate of drug-likeness (QED) is 0.827. The smallest absolute Gasteiger partial charge is 0.272 e. The molecule has 26 heavy (non-hydrogen) atoms. The topological polar surface area (TPSA) is 52.6 Å². The predicted molar refractivity (Wildman–Crippen MR) is 105 cm³/mol. The standard InChI is InChI=1S/C20H27N5O/c1-4-23(5-2)19-15-18(21-16(3)22-19)20(26)25-13-11-24(12-14-25)17-9-7-6-8-10-17/h6-10,15H,4-5,11-14H2,1-3H3. The van der Waals surface area contributed by atoms with E-state index in [0.717, 1.165) is 32.0 Å². The fourth-order valence-electron chi connectivity index (χ4n) is 3.34. The molecule has 0 bridgehead atoms. The second-order valence-electron chi connectivity index (χ2n) is 6.45. The molecule has 3 rings (SSSR count). The molecule has 1 amide bonds. The molecule has 2 heterocycles. The molecule has 0 saturated carbocycles. The van der Waals surface area contributed by atoms with Crippen LogP contribution in [0.2, 0.25) is 0 Å². The fraction of sp³-hybridized carbons (Fsp3) is 0.450. The molecule has 138 valence electrons. The van der Waals surface area contributed by atoms with Gasteiger partial charge in [0, 0.05) is 51.0 Å². The van der Waals surface area contributed by atoms with Crippen LogP contribution < -0.4 is 9.80 Å². The van der Waals surface area contributed by atoms with E-state index in [0.29, 0.717) is 24.6 Å². The van der Waals surface area contributed by atoms with Crippen LogP contribution in [0.4, 0.5) is 11.5 Å². The molecule has 6 heteroatoms. The van der Waals surface area contributed by atoms with Crippen molar-refractivity contribution in [3.05, 3.63) is 47.9 Å². The zero-order valence-electron chi connectivity index (χ0n) is 15.9. The monoisotopic (exact) mass is 353 g/mol. The van der Waals surface area contributed by atoms with Crippen molar-refractivity contribution in [3.63, 3.8) is 0 Å². The summed E-state index contributed by atoms with van der Waals surface area (Å²) >= 11 is 0. The van der Waals surface area contributed by atoms with Gasteiger partial charge in [-0.2, -0.15) is 0 Å². The maximum atomic E-state index is 12.9. The maximum Gasteiger partial charge on any atom is 0.272 e. The molecular formula is C20H27N5O. The Morgan fingerprint density at radius 2 is 1.69 bits per heavy atom. The van der Waals surface area contributed by atoms with E-state index in [1.54, 1.807) is 0 Å². The summed E-state index contributed by atoms with van der Waals surface area (Å²) in [5.41, 5.74) is 1.70. The number of carbonyl (C=O) groups is 1. The van der Waals surface area contributed by atoms with Crippen LogP contribution in [0.25, 0.3) is 0 Å². The van der Waals surface area contributed by atoms with Crippen molar-refractivity contribution in [2.75, 3.05) is 49.1 Å². The number of amides is 1. The van der Waals surface area contributed by atoms with Gasteiger partial charge in [-0.25, -0.2) is 9.97 Å². The molecule has 1 aromatic heterocycles. The van der Waals surface area contributed by atoms with Gasteiger partial charge >= 0.3 is 0 Å². The van der Waals surface area contributed by atoms with E-state index in [1.807, 2.05) is 36.1 Å². The summed E-state index contributed by atoms with van der Waals surface area (Å²) in [6.07, 6.45) is 0. The van der Waals surface area contributed by atoms with E-state index in [2.05, 4.69) is 45.7 Å². The van der Waals surface area contributed by atoms with Gasteiger partial charge in [0.2, 0.25) is 0 Å². The predicted octanol–water partition coefficient (Wildman–Crippen LogP) is 2.59. The molecule has 6 nitrogen and oxygen atoms in total. The van der Waals surface area contributed by atoms with Crippen molar-refractivity contribution in [2.24, 2.45) is 0 Å². The Labute approximate surface area is 155 Å². The van der Waals surface area contributed by atoms with Crippen molar-refractivity contribution in [2.45, 2.75) is 20.8 Å². The van der Waals surface area contributed by atoms with E-state index in [1.165, 1.54) is 5.69 Å². The highest BCUT2D eigenvalue weighted by Crippen LogP contribution is 2.18. The van der Waals surface area contributed by atoms with Crippen LogP contribution in [0.15, 0.2) is 36.4 Å². The Kier molecular flexibility index (Phi) is 5.71. The van der Waals surface area contributed by atoms with E-state index in [-0.39, 0.29) is 5.91 Å². The lowest BCUT2D eigenvalue weighted by Gasteiger charge is -2.36. The first-order valence-corrected chi connectivity index (χ1v) is 9.32. The summed E-state index contributed by atoms with van der Waals surface area (Å²) in [5.74, 6) is 1.46. The zero-order chi connectivity index (χ0) is 18.5. The molecule has 1 aliphatic rings. The number of anilines is 2. The molecule has 0 radical (unpaired) electrons.